The molecule has 0 spiro atoms. The second-order valence-electron chi connectivity index (χ2n) is 13.9. The standard InChI is InChI=1S/C33H54N2O17/c1-15-23(39)30(52-33-28(44)27(43)24(40)19(12-37)50-33)26(42)21(47-15)14-46-32-29(45)31(25(41)20(13-38)49-32)51-22-10-35(9-18(11-36)48-22)8-16-4-6-17(7-5-16)34(2)3/h4-7,15,18-33,36-45H,8-14H2,1-3H3. The van der Waals surface area contributed by atoms with Gasteiger partial charge in [-0.25, -0.2) is 0 Å². The number of aliphatic hydroxyl groups excluding tert-OH is 10. The van der Waals surface area contributed by atoms with Gasteiger partial charge < -0.3 is 89.1 Å². The molecule has 52 heavy (non-hydrogen) atoms. The van der Waals surface area contributed by atoms with Crippen molar-refractivity contribution < 1.29 is 84.2 Å². The Bertz CT molecular complexity index is 1230. The first kappa shape index (κ1) is 41.5. The summed E-state index contributed by atoms with van der Waals surface area (Å²) in [6.07, 6.45) is -23.9. The number of morpholine rings is 1. The highest BCUT2D eigenvalue weighted by Gasteiger charge is 2.51. The molecule has 0 saturated carbocycles. The second-order valence-corrected chi connectivity index (χ2v) is 13.9. The van der Waals surface area contributed by atoms with Gasteiger partial charge in [0.2, 0.25) is 0 Å². The molecular formula is C33H54N2O17. The van der Waals surface area contributed by atoms with Gasteiger partial charge in [-0.15, -0.1) is 0 Å². The monoisotopic (exact) mass is 750 g/mol. The van der Waals surface area contributed by atoms with E-state index in [2.05, 4.69) is 0 Å². The lowest BCUT2D eigenvalue weighted by Crippen LogP contribution is -2.65. The third-order valence-corrected chi connectivity index (χ3v) is 9.90. The molecule has 4 aliphatic heterocycles. The summed E-state index contributed by atoms with van der Waals surface area (Å²) in [6.45, 7) is 0.438. The quantitative estimate of drug-likeness (QED) is 0.0903. The van der Waals surface area contributed by atoms with Crippen molar-refractivity contribution in [3.05, 3.63) is 29.8 Å². The Balaban J connectivity index is 1.22. The molecule has 1 aromatic rings. The summed E-state index contributed by atoms with van der Waals surface area (Å²) in [6, 6.07) is 7.97. The van der Waals surface area contributed by atoms with Crippen LogP contribution < -0.4 is 4.90 Å². The first-order valence-electron chi connectivity index (χ1n) is 17.4. The highest BCUT2D eigenvalue weighted by atomic mass is 16.7. The van der Waals surface area contributed by atoms with Gasteiger partial charge >= 0.3 is 0 Å². The molecule has 17 atom stereocenters. The number of rotatable bonds is 13. The Hall–Kier alpha value is -1.70. The van der Waals surface area contributed by atoms with Gasteiger partial charge in [-0.3, -0.25) is 4.90 Å². The molecule has 0 amide bonds. The van der Waals surface area contributed by atoms with Crippen LogP contribution in [0.1, 0.15) is 12.5 Å². The fraction of sp³-hybridized carbons (Fsp3) is 0.818. The van der Waals surface area contributed by atoms with E-state index in [1.165, 1.54) is 6.92 Å². The molecule has 0 radical (unpaired) electrons. The highest BCUT2D eigenvalue weighted by molar-refractivity contribution is 5.46. The van der Waals surface area contributed by atoms with Crippen LogP contribution in [-0.2, 0) is 39.7 Å². The maximum Gasteiger partial charge on any atom is 0.187 e. The number of anilines is 1. The van der Waals surface area contributed by atoms with Crippen LogP contribution in [0.2, 0.25) is 0 Å². The molecule has 0 aliphatic carbocycles. The Morgan fingerprint density at radius 2 is 1.27 bits per heavy atom. The zero-order valence-electron chi connectivity index (χ0n) is 29.3. The fourth-order valence-electron chi connectivity index (χ4n) is 6.80. The van der Waals surface area contributed by atoms with Gasteiger partial charge in [-0.2, -0.15) is 0 Å². The normalized spacial score (nSPS) is 43.4. The van der Waals surface area contributed by atoms with Gasteiger partial charge in [0, 0.05) is 39.4 Å². The van der Waals surface area contributed by atoms with Crippen LogP contribution in [0.25, 0.3) is 0 Å². The average Bonchev–Trinajstić information content (AvgIpc) is 3.13. The van der Waals surface area contributed by atoms with E-state index in [1.807, 2.05) is 48.2 Å². The zero-order valence-corrected chi connectivity index (χ0v) is 29.3. The first-order valence-corrected chi connectivity index (χ1v) is 17.4. The summed E-state index contributed by atoms with van der Waals surface area (Å²) >= 11 is 0. The summed E-state index contributed by atoms with van der Waals surface area (Å²) in [4.78, 5) is 4.00. The summed E-state index contributed by atoms with van der Waals surface area (Å²) in [7, 11) is 3.89. The Labute approximate surface area is 301 Å². The number of hydrogen-bond acceptors (Lipinski definition) is 19. The first-order chi connectivity index (χ1) is 24.8. The van der Waals surface area contributed by atoms with Gasteiger partial charge in [0.25, 0.3) is 0 Å². The maximum absolute atomic E-state index is 11.3. The smallest absolute Gasteiger partial charge is 0.187 e. The summed E-state index contributed by atoms with van der Waals surface area (Å²) in [5.41, 5.74) is 2.05. The van der Waals surface area contributed by atoms with E-state index in [1.54, 1.807) is 0 Å². The van der Waals surface area contributed by atoms with Crippen LogP contribution in [0.4, 0.5) is 5.69 Å². The fourth-order valence-corrected chi connectivity index (χ4v) is 6.80. The van der Waals surface area contributed by atoms with Crippen LogP contribution >= 0.6 is 0 Å². The van der Waals surface area contributed by atoms with E-state index in [9.17, 15) is 51.1 Å². The molecule has 298 valence electrons. The molecule has 19 heteroatoms. The van der Waals surface area contributed by atoms with Crippen LogP contribution in [0.3, 0.4) is 0 Å². The number of benzene rings is 1. The van der Waals surface area contributed by atoms with Crippen molar-refractivity contribution in [1.29, 1.82) is 0 Å². The average molecular weight is 751 g/mol. The van der Waals surface area contributed by atoms with Crippen LogP contribution in [0.15, 0.2) is 24.3 Å². The number of hydrogen-bond donors (Lipinski definition) is 10. The van der Waals surface area contributed by atoms with Gasteiger partial charge in [-0.05, 0) is 24.6 Å². The van der Waals surface area contributed by atoms with E-state index < -0.39 is 124 Å². The molecule has 5 rings (SSSR count). The van der Waals surface area contributed by atoms with Crippen LogP contribution in [0, 0.1) is 0 Å². The molecule has 0 bridgehead atoms. The lowest BCUT2D eigenvalue weighted by atomic mass is 9.94. The Morgan fingerprint density at radius 1 is 0.654 bits per heavy atom. The van der Waals surface area contributed by atoms with E-state index in [0.29, 0.717) is 13.1 Å². The minimum absolute atomic E-state index is 0.218. The molecule has 1 aromatic carbocycles. The van der Waals surface area contributed by atoms with Gasteiger partial charge in [0.15, 0.2) is 18.9 Å². The molecular weight excluding hydrogens is 696 g/mol. The molecule has 4 aliphatic rings. The molecule has 4 saturated heterocycles. The zero-order chi connectivity index (χ0) is 37.9. The predicted molar refractivity (Wildman–Crippen MR) is 175 cm³/mol. The summed E-state index contributed by atoms with van der Waals surface area (Å²) in [5.74, 6) is 0. The van der Waals surface area contributed by atoms with Crippen LogP contribution in [0.5, 0.6) is 0 Å². The number of aliphatic hydroxyl groups is 10. The minimum Gasteiger partial charge on any atom is -0.394 e. The highest BCUT2D eigenvalue weighted by Crippen LogP contribution is 2.31. The van der Waals surface area contributed by atoms with E-state index >= 15 is 0 Å². The van der Waals surface area contributed by atoms with Crippen molar-refractivity contribution in [3.63, 3.8) is 0 Å². The summed E-state index contributed by atoms with van der Waals surface area (Å²) in [5, 5.41) is 104. The van der Waals surface area contributed by atoms with Crippen molar-refractivity contribution in [3.8, 4) is 0 Å². The lowest BCUT2D eigenvalue weighted by molar-refractivity contribution is -0.352. The maximum atomic E-state index is 11.3. The largest absolute Gasteiger partial charge is 0.394 e. The topological polar surface area (TPSA) is 273 Å². The van der Waals surface area contributed by atoms with Crippen molar-refractivity contribution in [2.75, 3.05) is 58.5 Å². The summed E-state index contributed by atoms with van der Waals surface area (Å²) < 4.78 is 40.2. The van der Waals surface area contributed by atoms with Crippen molar-refractivity contribution in [1.82, 2.24) is 4.90 Å². The molecule has 4 heterocycles. The van der Waals surface area contributed by atoms with Gasteiger partial charge in [0.1, 0.15) is 73.2 Å². The van der Waals surface area contributed by atoms with Crippen molar-refractivity contribution in [2.24, 2.45) is 0 Å². The van der Waals surface area contributed by atoms with E-state index in [-0.39, 0.29) is 13.2 Å². The molecule has 10 N–H and O–H groups in total. The Kier molecular flexibility index (Phi) is 14.6. The number of nitrogens with zero attached hydrogens (tertiary/aromatic N) is 2. The Morgan fingerprint density at radius 3 is 1.90 bits per heavy atom. The van der Waals surface area contributed by atoms with Crippen molar-refractivity contribution in [2.45, 2.75) is 118 Å². The van der Waals surface area contributed by atoms with Crippen molar-refractivity contribution >= 4 is 5.69 Å². The van der Waals surface area contributed by atoms with E-state index in [4.69, 9.17) is 33.2 Å². The third kappa shape index (κ3) is 9.39. The minimum atomic E-state index is -1.79. The molecule has 4 fully saturated rings. The third-order valence-electron chi connectivity index (χ3n) is 9.90. The van der Waals surface area contributed by atoms with Crippen LogP contribution in [-0.4, -0.2) is 214 Å². The van der Waals surface area contributed by atoms with Gasteiger partial charge in [0.05, 0.1) is 38.6 Å². The number of ether oxygens (including phenoxy) is 7. The van der Waals surface area contributed by atoms with Gasteiger partial charge in [-0.1, -0.05) is 12.1 Å². The lowest BCUT2D eigenvalue weighted by Gasteiger charge is -2.47. The second kappa shape index (κ2) is 18.3. The molecule has 17 unspecified atom stereocenters. The SMILES string of the molecule is CC1OC(COC2OC(CO)C(O)C(OC3CN(Cc4ccc(N(C)C)cc4)CC(CO)O3)C2O)C(O)C(OC2OC(CO)C(O)C(O)C2O)C1O. The predicted octanol–water partition coefficient (Wildman–Crippen LogP) is -5.19. The molecule has 19 nitrogen and oxygen atoms in total. The van der Waals surface area contributed by atoms with E-state index in [0.717, 1.165) is 11.3 Å². The molecule has 0 aromatic heterocycles.